The number of ether oxygens (including phenoxy) is 1. The van der Waals surface area contributed by atoms with Crippen molar-refractivity contribution < 1.29 is 9.53 Å². The zero-order chi connectivity index (χ0) is 21.3. The van der Waals surface area contributed by atoms with Crippen LogP contribution in [0.5, 0.6) is 11.5 Å². The molecular weight excluding hydrogens is 380 g/mol. The van der Waals surface area contributed by atoms with E-state index in [0.717, 1.165) is 16.5 Å². The summed E-state index contributed by atoms with van der Waals surface area (Å²) in [5, 5.41) is 1.84. The standard InChI is InChI=1S/C23H20N4O3/c1-26-14-18(6-8-22(26)28)27(2)21-13-20(9-10-25-21)30-19-7-5-15-3-4-16(23(24)29)11-17(15)12-19/h3-14H,1-2H3,(H2,24,29). The van der Waals surface area contributed by atoms with E-state index in [4.69, 9.17) is 10.5 Å². The Morgan fingerprint density at radius 2 is 1.77 bits per heavy atom. The van der Waals surface area contributed by atoms with Gasteiger partial charge in [-0.3, -0.25) is 9.59 Å². The molecule has 0 saturated carbocycles. The number of carbonyl (C=O) groups excluding carboxylic acids is 1. The second-order valence-corrected chi connectivity index (χ2v) is 6.94. The number of hydrogen-bond acceptors (Lipinski definition) is 5. The lowest BCUT2D eigenvalue weighted by Crippen LogP contribution is -2.18. The van der Waals surface area contributed by atoms with Crippen molar-refractivity contribution in [2.24, 2.45) is 12.8 Å². The highest BCUT2D eigenvalue weighted by Crippen LogP contribution is 2.29. The van der Waals surface area contributed by atoms with Gasteiger partial charge < -0.3 is 19.9 Å². The monoisotopic (exact) mass is 400 g/mol. The minimum atomic E-state index is -0.469. The number of hydrogen-bond donors (Lipinski definition) is 1. The SMILES string of the molecule is CN(c1ccc(=O)n(C)c1)c1cc(Oc2ccc3ccc(C(N)=O)cc3c2)ccn1. The number of aryl methyl sites for hydroxylation is 1. The third-order valence-electron chi connectivity index (χ3n) is 4.85. The summed E-state index contributed by atoms with van der Waals surface area (Å²) in [5.74, 6) is 1.44. The fraction of sp³-hybridized carbons (Fsp3) is 0.0870. The molecular formula is C23H20N4O3. The van der Waals surface area contributed by atoms with Crippen LogP contribution in [0.25, 0.3) is 10.8 Å². The Morgan fingerprint density at radius 3 is 2.53 bits per heavy atom. The molecule has 0 fully saturated rings. The Morgan fingerprint density at radius 1 is 1.00 bits per heavy atom. The summed E-state index contributed by atoms with van der Waals surface area (Å²) in [6.07, 6.45) is 3.41. The number of nitrogens with zero attached hydrogens (tertiary/aromatic N) is 3. The predicted octanol–water partition coefficient (Wildman–Crippen LogP) is 3.59. The highest BCUT2D eigenvalue weighted by molar-refractivity contribution is 5.97. The highest BCUT2D eigenvalue weighted by Gasteiger charge is 2.09. The Kier molecular flexibility index (Phi) is 4.93. The maximum atomic E-state index is 11.6. The second kappa shape index (κ2) is 7.71. The normalized spacial score (nSPS) is 10.7. The zero-order valence-electron chi connectivity index (χ0n) is 16.6. The maximum Gasteiger partial charge on any atom is 0.250 e. The molecule has 2 aromatic carbocycles. The van der Waals surface area contributed by atoms with E-state index >= 15 is 0 Å². The summed E-state index contributed by atoms with van der Waals surface area (Å²) < 4.78 is 7.53. The average Bonchev–Trinajstić information content (AvgIpc) is 2.75. The van der Waals surface area contributed by atoms with Crippen LogP contribution in [0.1, 0.15) is 10.4 Å². The Labute approximate surface area is 173 Å². The number of carbonyl (C=O) groups is 1. The van der Waals surface area contributed by atoms with Gasteiger partial charge in [0, 0.05) is 44.2 Å². The molecule has 0 atom stereocenters. The molecule has 0 radical (unpaired) electrons. The lowest BCUT2D eigenvalue weighted by Gasteiger charge is -2.19. The van der Waals surface area contributed by atoms with Crippen LogP contribution in [0.4, 0.5) is 11.5 Å². The lowest BCUT2D eigenvalue weighted by molar-refractivity contribution is 0.100. The molecule has 0 unspecified atom stereocenters. The summed E-state index contributed by atoms with van der Waals surface area (Å²) in [6, 6.07) is 17.8. The number of amides is 1. The van der Waals surface area contributed by atoms with Crippen molar-refractivity contribution in [2.45, 2.75) is 0 Å². The highest BCUT2D eigenvalue weighted by atomic mass is 16.5. The van der Waals surface area contributed by atoms with Crippen LogP contribution in [-0.4, -0.2) is 22.5 Å². The van der Waals surface area contributed by atoms with E-state index in [2.05, 4.69) is 4.98 Å². The number of anilines is 2. The van der Waals surface area contributed by atoms with Crippen LogP contribution in [0.3, 0.4) is 0 Å². The summed E-state index contributed by atoms with van der Waals surface area (Å²) in [7, 11) is 3.57. The van der Waals surface area contributed by atoms with Gasteiger partial charge in [0.25, 0.3) is 0 Å². The van der Waals surface area contributed by atoms with Gasteiger partial charge in [-0.2, -0.15) is 0 Å². The number of rotatable bonds is 5. The molecule has 0 bridgehead atoms. The molecule has 2 heterocycles. The van der Waals surface area contributed by atoms with Crippen molar-refractivity contribution in [3.05, 3.63) is 89.0 Å². The molecule has 0 aliphatic carbocycles. The summed E-state index contributed by atoms with van der Waals surface area (Å²) in [5.41, 5.74) is 6.57. The summed E-state index contributed by atoms with van der Waals surface area (Å²) in [4.78, 5) is 29.3. The third kappa shape index (κ3) is 3.86. The van der Waals surface area contributed by atoms with Gasteiger partial charge in [0.2, 0.25) is 11.5 Å². The molecule has 4 aromatic rings. The molecule has 0 saturated heterocycles. The molecule has 0 aliphatic rings. The van der Waals surface area contributed by atoms with Gasteiger partial charge in [0.1, 0.15) is 17.3 Å². The van der Waals surface area contributed by atoms with Crippen LogP contribution in [-0.2, 0) is 7.05 Å². The van der Waals surface area contributed by atoms with Crippen LogP contribution in [0, 0.1) is 0 Å². The topological polar surface area (TPSA) is 90.5 Å². The van der Waals surface area contributed by atoms with E-state index in [1.807, 2.05) is 42.3 Å². The van der Waals surface area contributed by atoms with E-state index in [1.54, 1.807) is 43.7 Å². The third-order valence-corrected chi connectivity index (χ3v) is 4.85. The van der Waals surface area contributed by atoms with Crippen molar-refractivity contribution in [1.29, 1.82) is 0 Å². The van der Waals surface area contributed by atoms with Gasteiger partial charge in [-0.1, -0.05) is 12.1 Å². The van der Waals surface area contributed by atoms with Crippen LogP contribution in [0.15, 0.2) is 77.9 Å². The zero-order valence-corrected chi connectivity index (χ0v) is 16.6. The van der Waals surface area contributed by atoms with Gasteiger partial charge in [-0.15, -0.1) is 0 Å². The van der Waals surface area contributed by atoms with Crippen molar-refractivity contribution in [2.75, 3.05) is 11.9 Å². The quantitative estimate of drug-likeness (QED) is 0.553. The number of benzene rings is 2. The summed E-state index contributed by atoms with van der Waals surface area (Å²) in [6.45, 7) is 0. The molecule has 0 spiro atoms. The molecule has 1 amide bonds. The first-order valence-corrected chi connectivity index (χ1v) is 9.29. The van der Waals surface area contributed by atoms with Crippen LogP contribution >= 0.6 is 0 Å². The number of fused-ring (bicyclic) bond motifs is 1. The van der Waals surface area contributed by atoms with Gasteiger partial charge >= 0.3 is 0 Å². The first-order valence-electron chi connectivity index (χ1n) is 9.29. The van der Waals surface area contributed by atoms with Crippen LogP contribution < -0.4 is 20.9 Å². The summed E-state index contributed by atoms with van der Waals surface area (Å²) >= 11 is 0. The first-order chi connectivity index (χ1) is 14.4. The maximum absolute atomic E-state index is 11.6. The van der Waals surface area contributed by atoms with E-state index in [0.29, 0.717) is 22.9 Å². The molecule has 150 valence electrons. The van der Waals surface area contributed by atoms with Gasteiger partial charge in [-0.25, -0.2) is 4.98 Å². The fourth-order valence-corrected chi connectivity index (χ4v) is 3.13. The number of primary amides is 1. The van der Waals surface area contributed by atoms with E-state index in [9.17, 15) is 9.59 Å². The fourth-order valence-electron chi connectivity index (χ4n) is 3.13. The number of pyridine rings is 2. The van der Waals surface area contributed by atoms with Crippen molar-refractivity contribution in [1.82, 2.24) is 9.55 Å². The Balaban J connectivity index is 1.61. The number of aromatic nitrogens is 2. The molecule has 4 rings (SSSR count). The molecule has 30 heavy (non-hydrogen) atoms. The smallest absolute Gasteiger partial charge is 0.250 e. The minimum absolute atomic E-state index is 0.0759. The van der Waals surface area contributed by atoms with E-state index in [1.165, 1.54) is 10.6 Å². The Bertz CT molecular complexity index is 1310. The predicted molar refractivity (Wildman–Crippen MR) is 117 cm³/mol. The largest absolute Gasteiger partial charge is 0.457 e. The molecule has 2 aromatic heterocycles. The van der Waals surface area contributed by atoms with E-state index in [-0.39, 0.29) is 5.56 Å². The molecule has 0 aliphatic heterocycles. The van der Waals surface area contributed by atoms with Gasteiger partial charge in [0.05, 0.1) is 5.69 Å². The average molecular weight is 400 g/mol. The Hall–Kier alpha value is -4.13. The van der Waals surface area contributed by atoms with Crippen molar-refractivity contribution >= 4 is 28.2 Å². The lowest BCUT2D eigenvalue weighted by atomic mass is 10.1. The molecule has 7 nitrogen and oxygen atoms in total. The molecule has 7 heteroatoms. The van der Waals surface area contributed by atoms with Crippen molar-refractivity contribution in [3.63, 3.8) is 0 Å². The van der Waals surface area contributed by atoms with Gasteiger partial charge in [-0.05, 0) is 47.2 Å². The second-order valence-electron chi connectivity index (χ2n) is 6.94. The first kappa shape index (κ1) is 19.2. The minimum Gasteiger partial charge on any atom is -0.457 e. The van der Waals surface area contributed by atoms with Crippen molar-refractivity contribution in [3.8, 4) is 11.5 Å². The number of nitrogens with two attached hydrogens (primary N) is 1. The van der Waals surface area contributed by atoms with Crippen LogP contribution in [0.2, 0.25) is 0 Å². The van der Waals surface area contributed by atoms with E-state index < -0.39 is 5.91 Å². The van der Waals surface area contributed by atoms with Gasteiger partial charge in [0.15, 0.2) is 0 Å². The molecule has 2 N–H and O–H groups in total.